The number of ether oxygens (including phenoxy) is 1. The Morgan fingerprint density at radius 1 is 1.42 bits per heavy atom. The number of aromatic nitrogens is 2. The number of carbonyl (C=O) groups excluding carboxylic acids is 1. The lowest BCUT2D eigenvalue weighted by molar-refractivity contribution is 0.102. The first-order chi connectivity index (χ1) is 9.20. The van der Waals surface area contributed by atoms with Crippen LogP contribution in [-0.4, -0.2) is 22.5 Å². The Balaban J connectivity index is 2.21. The largest absolute Gasteiger partial charge is 0.492 e. The van der Waals surface area contributed by atoms with Gasteiger partial charge >= 0.3 is 0 Å². The van der Waals surface area contributed by atoms with Gasteiger partial charge in [-0.25, -0.2) is 4.98 Å². The molecule has 1 aromatic heterocycles. The van der Waals surface area contributed by atoms with Crippen LogP contribution in [0.3, 0.4) is 0 Å². The number of para-hydroxylation sites is 2. The number of hydrogen-bond donors (Lipinski definition) is 2. The van der Waals surface area contributed by atoms with Crippen molar-refractivity contribution in [2.45, 2.75) is 6.92 Å². The zero-order valence-electron chi connectivity index (χ0n) is 10.3. The zero-order chi connectivity index (χ0) is 13.7. The number of rotatable bonds is 4. The fourth-order valence-corrected chi connectivity index (χ4v) is 1.53. The van der Waals surface area contributed by atoms with Crippen LogP contribution in [0.15, 0.2) is 41.5 Å². The highest BCUT2D eigenvalue weighted by Gasteiger charge is 2.10. The van der Waals surface area contributed by atoms with E-state index in [2.05, 4.69) is 15.3 Å². The highest BCUT2D eigenvalue weighted by Crippen LogP contribution is 2.23. The van der Waals surface area contributed by atoms with E-state index in [-0.39, 0.29) is 11.3 Å². The smallest absolute Gasteiger partial charge is 0.274 e. The maximum atomic E-state index is 11.9. The Bertz CT molecular complexity index is 637. The van der Waals surface area contributed by atoms with Crippen molar-refractivity contribution in [3.8, 4) is 5.75 Å². The summed E-state index contributed by atoms with van der Waals surface area (Å²) in [5.74, 6) is 0.112. The molecular weight excluding hydrogens is 246 g/mol. The SMILES string of the molecule is CCOc1ccccc1NC(=O)c1cc(=O)[nH]cn1. The molecule has 0 saturated carbocycles. The van der Waals surface area contributed by atoms with Crippen molar-refractivity contribution in [2.24, 2.45) is 0 Å². The topological polar surface area (TPSA) is 84.1 Å². The Morgan fingerprint density at radius 3 is 2.95 bits per heavy atom. The molecule has 0 unspecified atom stereocenters. The van der Waals surface area contributed by atoms with E-state index < -0.39 is 5.91 Å². The summed E-state index contributed by atoms with van der Waals surface area (Å²) in [6, 6.07) is 8.20. The molecule has 0 fully saturated rings. The molecule has 1 amide bonds. The number of nitrogens with one attached hydrogen (secondary N) is 2. The second-order valence-corrected chi connectivity index (χ2v) is 3.68. The van der Waals surface area contributed by atoms with Gasteiger partial charge in [0.05, 0.1) is 18.6 Å². The molecule has 0 spiro atoms. The van der Waals surface area contributed by atoms with Crippen LogP contribution in [-0.2, 0) is 0 Å². The summed E-state index contributed by atoms with van der Waals surface area (Å²) < 4.78 is 5.39. The van der Waals surface area contributed by atoms with E-state index in [0.717, 1.165) is 6.07 Å². The maximum absolute atomic E-state index is 11.9. The van der Waals surface area contributed by atoms with E-state index in [4.69, 9.17) is 4.74 Å². The quantitative estimate of drug-likeness (QED) is 0.869. The van der Waals surface area contributed by atoms with Gasteiger partial charge in [-0.2, -0.15) is 0 Å². The van der Waals surface area contributed by atoms with Crippen molar-refractivity contribution >= 4 is 11.6 Å². The van der Waals surface area contributed by atoms with Gasteiger partial charge in [-0.05, 0) is 19.1 Å². The van der Waals surface area contributed by atoms with Crippen molar-refractivity contribution in [1.82, 2.24) is 9.97 Å². The molecule has 1 aromatic carbocycles. The highest BCUT2D eigenvalue weighted by atomic mass is 16.5. The van der Waals surface area contributed by atoms with Gasteiger partial charge in [-0.1, -0.05) is 12.1 Å². The van der Waals surface area contributed by atoms with Crippen molar-refractivity contribution in [3.63, 3.8) is 0 Å². The van der Waals surface area contributed by atoms with Crippen LogP contribution in [0.1, 0.15) is 17.4 Å². The Kier molecular flexibility index (Phi) is 3.92. The summed E-state index contributed by atoms with van der Waals surface area (Å²) in [5, 5.41) is 2.66. The van der Waals surface area contributed by atoms with E-state index in [1.165, 1.54) is 6.33 Å². The maximum Gasteiger partial charge on any atom is 0.274 e. The molecule has 2 aromatic rings. The molecule has 98 valence electrons. The second kappa shape index (κ2) is 5.81. The lowest BCUT2D eigenvalue weighted by Crippen LogP contribution is -2.18. The first-order valence-electron chi connectivity index (χ1n) is 5.78. The summed E-state index contributed by atoms with van der Waals surface area (Å²) in [5.41, 5.74) is 0.213. The van der Waals surface area contributed by atoms with Crippen molar-refractivity contribution in [2.75, 3.05) is 11.9 Å². The summed E-state index contributed by atoms with van der Waals surface area (Å²) in [4.78, 5) is 29.2. The predicted octanol–water partition coefficient (Wildman–Crippen LogP) is 1.42. The van der Waals surface area contributed by atoms with Crippen LogP contribution in [0.25, 0.3) is 0 Å². The molecule has 0 aliphatic carbocycles. The Hall–Kier alpha value is -2.63. The van der Waals surface area contributed by atoms with Gasteiger partial charge in [0, 0.05) is 6.07 Å². The van der Waals surface area contributed by atoms with Crippen LogP contribution < -0.4 is 15.6 Å². The third-order valence-electron chi connectivity index (χ3n) is 2.35. The zero-order valence-corrected chi connectivity index (χ0v) is 10.3. The van der Waals surface area contributed by atoms with Gasteiger partial charge in [0.25, 0.3) is 11.5 Å². The van der Waals surface area contributed by atoms with E-state index in [1.807, 2.05) is 13.0 Å². The van der Waals surface area contributed by atoms with Gasteiger partial charge in [0.2, 0.25) is 0 Å². The lowest BCUT2D eigenvalue weighted by Gasteiger charge is -2.10. The third-order valence-corrected chi connectivity index (χ3v) is 2.35. The normalized spacial score (nSPS) is 9.95. The third kappa shape index (κ3) is 3.19. The van der Waals surface area contributed by atoms with E-state index in [1.54, 1.807) is 18.2 Å². The second-order valence-electron chi connectivity index (χ2n) is 3.68. The number of benzene rings is 1. The van der Waals surface area contributed by atoms with Crippen molar-refractivity contribution in [1.29, 1.82) is 0 Å². The minimum absolute atomic E-state index is 0.0510. The minimum atomic E-state index is -0.460. The summed E-state index contributed by atoms with van der Waals surface area (Å²) in [7, 11) is 0. The first-order valence-corrected chi connectivity index (χ1v) is 5.78. The number of amides is 1. The van der Waals surface area contributed by atoms with Gasteiger partial charge in [0.15, 0.2) is 0 Å². The summed E-state index contributed by atoms with van der Waals surface area (Å²) >= 11 is 0. The summed E-state index contributed by atoms with van der Waals surface area (Å²) in [6.45, 7) is 2.35. The number of hydrogen-bond acceptors (Lipinski definition) is 4. The average Bonchev–Trinajstić information content (AvgIpc) is 2.41. The molecule has 1 heterocycles. The molecule has 6 nitrogen and oxygen atoms in total. The molecule has 0 aliphatic rings. The van der Waals surface area contributed by atoms with E-state index >= 15 is 0 Å². The number of nitrogens with zero attached hydrogens (tertiary/aromatic N) is 1. The van der Waals surface area contributed by atoms with Crippen LogP contribution in [0, 0.1) is 0 Å². The molecule has 0 radical (unpaired) electrons. The fraction of sp³-hybridized carbons (Fsp3) is 0.154. The molecule has 19 heavy (non-hydrogen) atoms. The van der Waals surface area contributed by atoms with E-state index in [0.29, 0.717) is 18.0 Å². The van der Waals surface area contributed by atoms with Gasteiger partial charge in [-0.15, -0.1) is 0 Å². The monoisotopic (exact) mass is 259 g/mol. The standard InChI is InChI=1S/C13H13N3O3/c1-2-19-11-6-4-3-5-9(11)16-13(18)10-7-12(17)15-8-14-10/h3-8H,2H2,1H3,(H,16,18)(H,14,15,17). The average molecular weight is 259 g/mol. The van der Waals surface area contributed by atoms with Crippen LogP contribution in [0.4, 0.5) is 5.69 Å². The molecule has 0 saturated heterocycles. The number of carbonyl (C=O) groups is 1. The first kappa shape index (κ1) is 12.8. The molecule has 0 aliphatic heterocycles. The van der Waals surface area contributed by atoms with Crippen molar-refractivity contribution < 1.29 is 9.53 Å². The van der Waals surface area contributed by atoms with Gasteiger partial charge in [0.1, 0.15) is 11.4 Å². The molecule has 2 N–H and O–H groups in total. The fourth-order valence-electron chi connectivity index (χ4n) is 1.53. The minimum Gasteiger partial charge on any atom is -0.492 e. The van der Waals surface area contributed by atoms with E-state index in [9.17, 15) is 9.59 Å². The van der Waals surface area contributed by atoms with Crippen LogP contribution >= 0.6 is 0 Å². The number of aromatic amines is 1. The molecule has 6 heteroatoms. The lowest BCUT2D eigenvalue weighted by atomic mass is 10.2. The van der Waals surface area contributed by atoms with Crippen LogP contribution in [0.5, 0.6) is 5.75 Å². The Labute approximate surface area is 109 Å². The highest BCUT2D eigenvalue weighted by molar-refractivity contribution is 6.03. The number of H-pyrrole nitrogens is 1. The predicted molar refractivity (Wildman–Crippen MR) is 70.4 cm³/mol. The molecule has 0 bridgehead atoms. The van der Waals surface area contributed by atoms with Crippen LogP contribution in [0.2, 0.25) is 0 Å². The molecule has 0 atom stereocenters. The van der Waals surface area contributed by atoms with Gasteiger partial charge < -0.3 is 15.0 Å². The van der Waals surface area contributed by atoms with Gasteiger partial charge in [-0.3, -0.25) is 9.59 Å². The van der Waals surface area contributed by atoms with Crippen molar-refractivity contribution in [3.05, 3.63) is 52.7 Å². The number of anilines is 1. The molecular formula is C13H13N3O3. The summed E-state index contributed by atoms with van der Waals surface area (Å²) in [6.07, 6.45) is 1.19. The Morgan fingerprint density at radius 2 is 2.21 bits per heavy atom. The molecule has 2 rings (SSSR count).